The van der Waals surface area contributed by atoms with Crippen LogP contribution in [0.5, 0.6) is 0 Å². The number of aldehydes is 1. The highest BCUT2D eigenvalue weighted by molar-refractivity contribution is 9.10. The third-order valence-electron chi connectivity index (χ3n) is 1.85. The fourth-order valence-corrected chi connectivity index (χ4v) is 1.73. The van der Waals surface area contributed by atoms with E-state index in [4.69, 9.17) is 0 Å². The number of carbonyl (C=O) groups excluding carboxylic acids is 1. The van der Waals surface area contributed by atoms with Gasteiger partial charge in [0.1, 0.15) is 16.7 Å². The zero-order valence-corrected chi connectivity index (χ0v) is 10.8. The number of anilines is 1. The van der Waals surface area contributed by atoms with Crippen molar-refractivity contribution in [3.63, 3.8) is 0 Å². The highest BCUT2D eigenvalue weighted by atomic mass is 79.9. The Balaban J connectivity index is 2.90. The first-order chi connectivity index (χ1) is 7.08. The van der Waals surface area contributed by atoms with E-state index in [1.807, 2.05) is 0 Å². The topological polar surface area (TPSA) is 38.1 Å². The quantitative estimate of drug-likeness (QED) is 0.618. The number of halogens is 2. The van der Waals surface area contributed by atoms with Crippen molar-refractivity contribution in [3.05, 3.63) is 10.7 Å². The van der Waals surface area contributed by atoms with Crippen molar-refractivity contribution < 1.29 is 8.68 Å². The van der Waals surface area contributed by atoms with Crippen molar-refractivity contribution >= 4 is 40.4 Å². The maximum Gasteiger partial charge on any atom is 0.166 e. The third kappa shape index (κ3) is 3.20. The predicted molar refractivity (Wildman–Crippen MR) is 62.3 cm³/mol. The van der Waals surface area contributed by atoms with Crippen LogP contribution in [0.4, 0.5) is 9.70 Å². The molecule has 1 aromatic heterocycles. The summed E-state index contributed by atoms with van der Waals surface area (Å²) in [5, 5.41) is 4.12. The molecule has 4 nitrogen and oxygen atoms in total. The first-order valence-electron chi connectivity index (χ1n) is 4.29. The minimum absolute atomic E-state index is 0.103. The van der Waals surface area contributed by atoms with E-state index in [-0.39, 0.29) is 18.3 Å². The van der Waals surface area contributed by atoms with Crippen molar-refractivity contribution in [1.29, 1.82) is 0 Å². The molecule has 15 heavy (non-hydrogen) atoms. The summed E-state index contributed by atoms with van der Waals surface area (Å²) in [6, 6.07) is 1.70. The molecule has 0 saturated carbocycles. The second-order valence-corrected chi connectivity index (χ2v) is 4.69. The van der Waals surface area contributed by atoms with Gasteiger partial charge in [0.2, 0.25) is 0 Å². The van der Waals surface area contributed by atoms with Crippen molar-refractivity contribution in [2.45, 2.75) is 13.5 Å². The molecule has 0 aliphatic rings. The van der Waals surface area contributed by atoms with Crippen molar-refractivity contribution in [2.75, 3.05) is 11.4 Å². The summed E-state index contributed by atoms with van der Waals surface area (Å²) in [6.45, 7) is 2.23. The first kappa shape index (κ1) is 12.5. The highest BCUT2D eigenvalue weighted by Gasteiger charge is 2.13. The van der Waals surface area contributed by atoms with Gasteiger partial charge in [-0.05, 0) is 15.9 Å². The van der Waals surface area contributed by atoms with Gasteiger partial charge in [0.15, 0.2) is 12.3 Å². The SMILES string of the molecule is CC(C=O)Cn1nc(Br)cc1N(C)SF. The van der Waals surface area contributed by atoms with Crippen molar-refractivity contribution in [2.24, 2.45) is 5.92 Å². The van der Waals surface area contributed by atoms with Gasteiger partial charge in [-0.2, -0.15) is 5.10 Å². The van der Waals surface area contributed by atoms with E-state index in [9.17, 15) is 8.68 Å². The van der Waals surface area contributed by atoms with Gasteiger partial charge in [-0.1, -0.05) is 6.92 Å². The second-order valence-electron chi connectivity index (χ2n) is 3.19. The van der Waals surface area contributed by atoms with E-state index in [1.165, 1.54) is 4.31 Å². The van der Waals surface area contributed by atoms with Crippen LogP contribution in [0, 0.1) is 5.92 Å². The summed E-state index contributed by atoms with van der Waals surface area (Å²) >= 11 is 3.32. The molecule has 0 bridgehead atoms. The minimum Gasteiger partial charge on any atom is -0.303 e. The van der Waals surface area contributed by atoms with Gasteiger partial charge in [-0.15, -0.1) is 3.89 Å². The van der Waals surface area contributed by atoms with Gasteiger partial charge in [0, 0.05) is 19.0 Å². The number of rotatable bonds is 5. The number of carbonyl (C=O) groups is 1. The first-order valence-corrected chi connectivity index (χ1v) is 5.76. The average molecular weight is 296 g/mol. The lowest BCUT2D eigenvalue weighted by Gasteiger charge is -2.14. The van der Waals surface area contributed by atoms with Crippen LogP contribution in [0.2, 0.25) is 0 Å². The fraction of sp³-hybridized carbons (Fsp3) is 0.500. The van der Waals surface area contributed by atoms with Gasteiger partial charge in [0.05, 0.1) is 6.54 Å². The third-order valence-corrected chi connectivity index (χ3v) is 2.63. The van der Waals surface area contributed by atoms with Crippen LogP contribution in [0.15, 0.2) is 10.7 Å². The van der Waals surface area contributed by atoms with E-state index < -0.39 is 0 Å². The molecular formula is C8H11BrFN3OS. The molecule has 1 unspecified atom stereocenters. The Bertz CT molecular complexity index is 347. The monoisotopic (exact) mass is 295 g/mol. The molecule has 0 amide bonds. The zero-order valence-electron chi connectivity index (χ0n) is 8.35. The lowest BCUT2D eigenvalue weighted by molar-refractivity contribution is -0.111. The number of hydrogen-bond acceptors (Lipinski definition) is 4. The number of nitrogens with zero attached hydrogens (tertiary/aromatic N) is 3. The van der Waals surface area contributed by atoms with E-state index in [2.05, 4.69) is 21.0 Å². The molecule has 84 valence electrons. The molecule has 1 aromatic rings. The maximum absolute atomic E-state index is 12.4. The molecular weight excluding hydrogens is 285 g/mol. The van der Waals surface area contributed by atoms with E-state index in [0.29, 0.717) is 17.0 Å². The molecule has 0 aliphatic carbocycles. The van der Waals surface area contributed by atoms with Crippen LogP contribution in [0.25, 0.3) is 0 Å². The molecule has 0 radical (unpaired) electrons. The summed E-state index contributed by atoms with van der Waals surface area (Å²) in [7, 11) is 1.59. The van der Waals surface area contributed by atoms with Crippen LogP contribution in [0.1, 0.15) is 6.92 Å². The second kappa shape index (κ2) is 5.50. The standard InChI is InChI=1S/C8H11BrFN3OS/c1-6(5-14)4-13-8(12(2)15-10)3-7(9)11-13/h3,5-6H,4H2,1-2H3. The molecule has 1 rings (SSSR count). The largest absolute Gasteiger partial charge is 0.303 e. The number of hydrogen-bond donors (Lipinski definition) is 0. The van der Waals surface area contributed by atoms with Gasteiger partial charge in [-0.3, -0.25) is 4.31 Å². The van der Waals surface area contributed by atoms with Crippen LogP contribution in [-0.4, -0.2) is 23.1 Å². The van der Waals surface area contributed by atoms with Crippen molar-refractivity contribution in [3.8, 4) is 0 Å². The van der Waals surface area contributed by atoms with Crippen LogP contribution in [0.3, 0.4) is 0 Å². The lowest BCUT2D eigenvalue weighted by atomic mass is 10.2. The van der Waals surface area contributed by atoms with Crippen LogP contribution < -0.4 is 4.31 Å². The summed E-state index contributed by atoms with van der Waals surface area (Å²) in [5.41, 5.74) is 0. The van der Waals surface area contributed by atoms with Gasteiger partial charge >= 0.3 is 0 Å². The van der Waals surface area contributed by atoms with Gasteiger partial charge < -0.3 is 4.79 Å². The average Bonchev–Trinajstić information content (AvgIpc) is 2.58. The molecule has 0 aromatic carbocycles. The van der Waals surface area contributed by atoms with E-state index in [1.54, 1.807) is 24.7 Å². The minimum atomic E-state index is -0.145. The lowest BCUT2D eigenvalue weighted by Crippen LogP contribution is -2.16. The molecule has 1 heterocycles. The molecule has 1 atom stereocenters. The summed E-state index contributed by atoms with van der Waals surface area (Å²) in [6.07, 6.45) is 0.849. The van der Waals surface area contributed by atoms with E-state index >= 15 is 0 Å². The molecule has 0 saturated heterocycles. The van der Waals surface area contributed by atoms with E-state index in [0.717, 1.165) is 6.29 Å². The van der Waals surface area contributed by atoms with Crippen molar-refractivity contribution in [1.82, 2.24) is 9.78 Å². The smallest absolute Gasteiger partial charge is 0.166 e. The summed E-state index contributed by atoms with van der Waals surface area (Å²) < 4.78 is 16.0. The zero-order chi connectivity index (χ0) is 11.4. The molecule has 0 spiro atoms. The molecule has 0 aliphatic heterocycles. The Hall–Kier alpha value is -0.560. The molecule has 0 N–H and O–H groups in total. The summed E-state index contributed by atoms with van der Waals surface area (Å²) in [5.74, 6) is 0.469. The number of aromatic nitrogens is 2. The highest BCUT2D eigenvalue weighted by Crippen LogP contribution is 2.25. The fourth-order valence-electron chi connectivity index (χ4n) is 1.12. The normalized spacial score (nSPS) is 12.5. The van der Waals surface area contributed by atoms with Crippen LogP contribution in [-0.2, 0) is 11.3 Å². The molecule has 7 heteroatoms. The van der Waals surface area contributed by atoms with Gasteiger partial charge in [-0.25, -0.2) is 4.68 Å². The summed E-state index contributed by atoms with van der Waals surface area (Å²) in [4.78, 5) is 10.5. The molecule has 0 fully saturated rings. The Morgan fingerprint density at radius 3 is 3.07 bits per heavy atom. The maximum atomic E-state index is 12.4. The predicted octanol–water partition coefficient (Wildman–Crippen LogP) is 2.45. The Labute approximate surface area is 100 Å². The Morgan fingerprint density at radius 2 is 2.53 bits per heavy atom. The van der Waals surface area contributed by atoms with Gasteiger partial charge in [0.25, 0.3) is 0 Å². The Kier molecular flexibility index (Phi) is 4.59. The van der Waals surface area contributed by atoms with Crippen LogP contribution >= 0.6 is 28.3 Å². The Morgan fingerprint density at radius 1 is 1.87 bits per heavy atom.